The standard InChI is InChI=1S/C7H7BFNO/c8-5-1-4(3-11)7(10)6(9)2-5/h1-3H,8,10H2. The van der Waals surface area contributed by atoms with Crippen LogP contribution in [-0.2, 0) is 0 Å². The summed E-state index contributed by atoms with van der Waals surface area (Å²) in [5.41, 5.74) is 6.08. The molecule has 1 aromatic carbocycles. The summed E-state index contributed by atoms with van der Waals surface area (Å²) in [7, 11) is 1.70. The molecular formula is C7H7BFNO. The molecule has 2 nitrogen and oxygen atoms in total. The highest BCUT2D eigenvalue weighted by Gasteiger charge is 2.03. The van der Waals surface area contributed by atoms with Gasteiger partial charge in [0, 0.05) is 5.56 Å². The smallest absolute Gasteiger partial charge is 0.152 e. The van der Waals surface area contributed by atoms with Gasteiger partial charge in [-0.05, 0) is 6.07 Å². The second kappa shape index (κ2) is 2.74. The van der Waals surface area contributed by atoms with E-state index >= 15 is 0 Å². The van der Waals surface area contributed by atoms with Gasteiger partial charge >= 0.3 is 0 Å². The number of rotatable bonds is 1. The third-order valence-electron chi connectivity index (χ3n) is 1.43. The summed E-state index contributed by atoms with van der Waals surface area (Å²) in [5, 5.41) is 0. The zero-order valence-electron chi connectivity index (χ0n) is 6.10. The van der Waals surface area contributed by atoms with Crippen molar-refractivity contribution in [1.29, 1.82) is 0 Å². The Balaban J connectivity index is 3.35. The van der Waals surface area contributed by atoms with Crippen molar-refractivity contribution in [2.24, 2.45) is 0 Å². The summed E-state index contributed by atoms with van der Waals surface area (Å²) in [5.74, 6) is -0.535. The molecule has 0 unspecified atom stereocenters. The van der Waals surface area contributed by atoms with Gasteiger partial charge in [0.1, 0.15) is 13.7 Å². The predicted octanol–water partition coefficient (Wildman–Crippen LogP) is -0.521. The van der Waals surface area contributed by atoms with Gasteiger partial charge < -0.3 is 5.73 Å². The van der Waals surface area contributed by atoms with Crippen LogP contribution in [0.15, 0.2) is 12.1 Å². The fourth-order valence-electron chi connectivity index (χ4n) is 0.878. The number of nitrogen functional groups attached to an aromatic ring is 1. The number of halogens is 1. The molecule has 0 aromatic heterocycles. The van der Waals surface area contributed by atoms with E-state index in [1.165, 1.54) is 6.07 Å². The van der Waals surface area contributed by atoms with E-state index < -0.39 is 5.82 Å². The van der Waals surface area contributed by atoms with E-state index in [9.17, 15) is 9.18 Å². The Kier molecular flexibility index (Phi) is 1.94. The molecule has 2 N–H and O–H groups in total. The van der Waals surface area contributed by atoms with Gasteiger partial charge in [-0.2, -0.15) is 0 Å². The van der Waals surface area contributed by atoms with Gasteiger partial charge in [-0.3, -0.25) is 4.79 Å². The lowest BCUT2D eigenvalue weighted by Gasteiger charge is -2.00. The van der Waals surface area contributed by atoms with Crippen molar-refractivity contribution in [3.05, 3.63) is 23.5 Å². The molecule has 0 fully saturated rings. The lowest BCUT2D eigenvalue weighted by Crippen LogP contribution is -2.08. The number of anilines is 1. The first kappa shape index (κ1) is 7.79. The normalized spacial score (nSPS) is 9.55. The molecule has 0 radical (unpaired) electrons. The van der Waals surface area contributed by atoms with E-state index in [1.807, 2.05) is 0 Å². The molecule has 1 aromatic rings. The quantitative estimate of drug-likeness (QED) is 0.333. The predicted molar refractivity (Wildman–Crippen MR) is 44.4 cm³/mol. The summed E-state index contributed by atoms with van der Waals surface area (Å²) in [6, 6.07) is 2.84. The Bertz CT molecular complexity index is 301. The van der Waals surface area contributed by atoms with Gasteiger partial charge in [0.2, 0.25) is 0 Å². The largest absolute Gasteiger partial charge is 0.396 e. The van der Waals surface area contributed by atoms with E-state index in [1.54, 1.807) is 13.9 Å². The first-order valence-corrected chi connectivity index (χ1v) is 3.16. The number of benzene rings is 1. The van der Waals surface area contributed by atoms with Crippen LogP contribution in [0, 0.1) is 5.82 Å². The zero-order chi connectivity index (χ0) is 8.43. The van der Waals surface area contributed by atoms with Gasteiger partial charge in [0.15, 0.2) is 6.29 Å². The number of hydrogen-bond acceptors (Lipinski definition) is 2. The minimum atomic E-state index is -0.535. The van der Waals surface area contributed by atoms with Crippen molar-refractivity contribution in [3.63, 3.8) is 0 Å². The number of carbonyl (C=O) groups excluding carboxylic acids is 1. The van der Waals surface area contributed by atoms with Crippen molar-refractivity contribution < 1.29 is 9.18 Å². The molecule has 0 heterocycles. The SMILES string of the molecule is Bc1cc(F)c(N)c(C=O)c1. The summed E-state index contributed by atoms with van der Waals surface area (Å²) < 4.78 is 12.7. The van der Waals surface area contributed by atoms with E-state index in [4.69, 9.17) is 5.73 Å². The second-order valence-electron chi connectivity index (χ2n) is 2.37. The van der Waals surface area contributed by atoms with Crippen LogP contribution in [0.2, 0.25) is 0 Å². The fourth-order valence-corrected chi connectivity index (χ4v) is 0.878. The van der Waals surface area contributed by atoms with Crippen molar-refractivity contribution in [2.75, 3.05) is 5.73 Å². The topological polar surface area (TPSA) is 43.1 Å². The van der Waals surface area contributed by atoms with Crippen LogP contribution >= 0.6 is 0 Å². The van der Waals surface area contributed by atoms with Crippen LogP contribution in [0.4, 0.5) is 10.1 Å². The number of nitrogens with two attached hydrogens (primary N) is 1. The van der Waals surface area contributed by atoms with Gasteiger partial charge in [-0.15, -0.1) is 0 Å². The summed E-state index contributed by atoms with van der Waals surface area (Å²) >= 11 is 0. The fraction of sp³-hybridized carbons (Fsp3) is 0. The molecule has 0 aliphatic carbocycles. The molecule has 0 saturated carbocycles. The second-order valence-corrected chi connectivity index (χ2v) is 2.37. The van der Waals surface area contributed by atoms with E-state index in [2.05, 4.69) is 0 Å². The summed E-state index contributed by atoms with van der Waals surface area (Å²) in [4.78, 5) is 10.3. The van der Waals surface area contributed by atoms with Gasteiger partial charge in [-0.1, -0.05) is 11.5 Å². The maximum absolute atomic E-state index is 12.7. The number of hydrogen-bond donors (Lipinski definition) is 1. The molecule has 1 rings (SSSR count). The lowest BCUT2D eigenvalue weighted by atomic mass is 9.94. The van der Waals surface area contributed by atoms with Crippen molar-refractivity contribution in [2.45, 2.75) is 0 Å². The first-order chi connectivity index (χ1) is 5.15. The minimum Gasteiger partial charge on any atom is -0.396 e. The van der Waals surface area contributed by atoms with Crippen LogP contribution in [0.3, 0.4) is 0 Å². The van der Waals surface area contributed by atoms with Crippen LogP contribution in [-0.4, -0.2) is 14.1 Å². The highest BCUT2D eigenvalue weighted by molar-refractivity contribution is 6.32. The van der Waals surface area contributed by atoms with Gasteiger partial charge in [-0.25, -0.2) is 4.39 Å². The molecule has 0 saturated heterocycles. The molecule has 0 bridgehead atoms. The monoisotopic (exact) mass is 151 g/mol. The Hall–Kier alpha value is -1.32. The molecule has 0 aliphatic heterocycles. The Morgan fingerprint density at radius 1 is 1.55 bits per heavy atom. The average molecular weight is 151 g/mol. The number of aldehydes is 1. The maximum Gasteiger partial charge on any atom is 0.152 e. The van der Waals surface area contributed by atoms with Crippen LogP contribution in [0.1, 0.15) is 10.4 Å². The summed E-state index contributed by atoms with van der Waals surface area (Å²) in [6.45, 7) is 0. The Morgan fingerprint density at radius 2 is 2.18 bits per heavy atom. The molecule has 0 atom stereocenters. The number of carbonyl (C=O) groups is 1. The lowest BCUT2D eigenvalue weighted by molar-refractivity contribution is 0.112. The molecular weight excluding hydrogens is 144 g/mol. The van der Waals surface area contributed by atoms with Crippen LogP contribution < -0.4 is 11.2 Å². The van der Waals surface area contributed by atoms with Gasteiger partial charge in [0.05, 0.1) is 5.69 Å². The Labute approximate surface area is 64.6 Å². The van der Waals surface area contributed by atoms with Crippen LogP contribution in [0.25, 0.3) is 0 Å². The molecule has 56 valence electrons. The van der Waals surface area contributed by atoms with Gasteiger partial charge in [0.25, 0.3) is 0 Å². The van der Waals surface area contributed by atoms with E-state index in [0.29, 0.717) is 11.7 Å². The highest BCUT2D eigenvalue weighted by Crippen LogP contribution is 2.11. The Morgan fingerprint density at radius 3 is 2.73 bits per heavy atom. The molecule has 0 aliphatic rings. The minimum absolute atomic E-state index is 0.0781. The first-order valence-electron chi connectivity index (χ1n) is 3.16. The van der Waals surface area contributed by atoms with E-state index in [0.717, 1.165) is 0 Å². The molecule has 0 amide bonds. The third kappa shape index (κ3) is 1.39. The van der Waals surface area contributed by atoms with Crippen molar-refractivity contribution >= 4 is 25.3 Å². The average Bonchev–Trinajstić information content (AvgIpc) is 1.96. The van der Waals surface area contributed by atoms with E-state index in [-0.39, 0.29) is 11.3 Å². The third-order valence-corrected chi connectivity index (χ3v) is 1.43. The maximum atomic E-state index is 12.7. The van der Waals surface area contributed by atoms with Crippen LogP contribution in [0.5, 0.6) is 0 Å². The molecule has 0 spiro atoms. The summed E-state index contributed by atoms with van der Waals surface area (Å²) in [6.07, 6.45) is 0.547. The highest BCUT2D eigenvalue weighted by atomic mass is 19.1. The van der Waals surface area contributed by atoms with Crippen molar-refractivity contribution in [3.8, 4) is 0 Å². The zero-order valence-corrected chi connectivity index (χ0v) is 6.10. The molecule has 4 heteroatoms. The van der Waals surface area contributed by atoms with Crippen molar-refractivity contribution in [1.82, 2.24) is 0 Å². The molecule has 11 heavy (non-hydrogen) atoms.